The molecule has 16 heavy (non-hydrogen) atoms. The Morgan fingerprint density at radius 3 is 3.19 bits per heavy atom. The minimum Gasteiger partial charge on any atom is -0.245 e. The average Bonchev–Trinajstić information content (AvgIpc) is 2.78. The lowest BCUT2D eigenvalue weighted by molar-refractivity contribution is 0.314. The highest BCUT2D eigenvalue weighted by Gasteiger charge is 2.24. The molecule has 1 saturated carbocycles. The van der Waals surface area contributed by atoms with Crippen molar-refractivity contribution in [2.24, 2.45) is 5.92 Å². The van der Waals surface area contributed by atoms with E-state index in [0.717, 1.165) is 11.6 Å². The van der Waals surface area contributed by atoms with Crippen molar-refractivity contribution < 1.29 is 0 Å². The first-order valence-corrected chi connectivity index (χ1v) is 7.02. The summed E-state index contributed by atoms with van der Waals surface area (Å²) in [5.74, 6) is 1.55. The van der Waals surface area contributed by atoms with Crippen LogP contribution < -0.4 is 0 Å². The summed E-state index contributed by atoms with van der Waals surface area (Å²) in [6.07, 6.45) is 7.08. The van der Waals surface area contributed by atoms with Gasteiger partial charge in [0.05, 0.1) is 23.2 Å². The zero-order valence-corrected chi connectivity index (χ0v) is 10.6. The predicted octanol–water partition coefficient (Wildman–Crippen LogP) is 3.89. The van der Waals surface area contributed by atoms with E-state index in [1.165, 1.54) is 37.1 Å². The van der Waals surface area contributed by atoms with Crippen molar-refractivity contribution >= 4 is 11.3 Å². The van der Waals surface area contributed by atoms with E-state index in [9.17, 15) is 0 Å². The molecule has 0 radical (unpaired) electrons. The number of thiazole rings is 1. The summed E-state index contributed by atoms with van der Waals surface area (Å²) in [7, 11) is 0. The molecule has 0 N–H and O–H groups in total. The first-order chi connectivity index (χ1) is 7.83. The van der Waals surface area contributed by atoms with E-state index in [-0.39, 0.29) is 0 Å². The number of nitrogens with zero attached hydrogens (tertiary/aromatic N) is 2. The maximum Gasteiger partial charge on any atom is 0.0959 e. The van der Waals surface area contributed by atoms with Crippen LogP contribution in [0, 0.1) is 17.2 Å². The Hall–Kier alpha value is -0.880. The molecule has 86 valence electrons. The lowest BCUT2D eigenvalue weighted by Gasteiger charge is -2.26. The Kier molecular flexibility index (Phi) is 3.95. The van der Waals surface area contributed by atoms with Gasteiger partial charge in [-0.3, -0.25) is 0 Å². The Labute approximate surface area is 101 Å². The first kappa shape index (κ1) is 11.6. The minimum atomic E-state index is 0.459. The summed E-state index contributed by atoms with van der Waals surface area (Å²) in [6.45, 7) is 2.29. The van der Waals surface area contributed by atoms with Crippen molar-refractivity contribution in [3.8, 4) is 6.07 Å². The van der Waals surface area contributed by atoms with Gasteiger partial charge in [0.25, 0.3) is 0 Å². The molecule has 2 rings (SSSR count). The van der Waals surface area contributed by atoms with Gasteiger partial charge in [-0.15, -0.1) is 11.3 Å². The third-order valence-corrected chi connectivity index (χ3v) is 4.60. The topological polar surface area (TPSA) is 36.7 Å². The smallest absolute Gasteiger partial charge is 0.0959 e. The second-order valence-corrected chi connectivity index (χ2v) is 5.54. The molecule has 3 heteroatoms. The van der Waals surface area contributed by atoms with E-state index in [0.29, 0.717) is 12.3 Å². The Morgan fingerprint density at radius 1 is 1.56 bits per heavy atom. The molecular formula is C13H18N2S. The molecule has 1 fully saturated rings. The van der Waals surface area contributed by atoms with Crippen LogP contribution >= 0.6 is 11.3 Å². The lowest BCUT2D eigenvalue weighted by atomic mass is 9.80. The molecule has 0 amide bonds. The fraction of sp³-hybridized carbons (Fsp3) is 0.692. The Balaban J connectivity index is 2.02. The Bertz CT molecular complexity index is 378. The predicted molar refractivity (Wildman–Crippen MR) is 66.4 cm³/mol. The highest BCUT2D eigenvalue weighted by atomic mass is 32.1. The van der Waals surface area contributed by atoms with Gasteiger partial charge in [0, 0.05) is 11.3 Å². The summed E-state index contributed by atoms with van der Waals surface area (Å²) >= 11 is 1.75. The molecule has 1 heterocycles. The fourth-order valence-electron chi connectivity index (χ4n) is 2.56. The summed E-state index contributed by atoms with van der Waals surface area (Å²) < 4.78 is 0. The van der Waals surface area contributed by atoms with E-state index in [1.807, 2.05) is 5.38 Å². The van der Waals surface area contributed by atoms with Crippen molar-refractivity contribution in [2.45, 2.75) is 51.4 Å². The SMILES string of the molecule is CCC1CCCC(c2nc(CC#N)cs2)C1. The number of hydrogen-bond acceptors (Lipinski definition) is 3. The second kappa shape index (κ2) is 5.45. The largest absolute Gasteiger partial charge is 0.245 e. The standard InChI is InChI=1S/C13H18N2S/c1-2-10-4-3-5-11(8-10)13-15-12(6-7-14)9-16-13/h9-11H,2-6,8H2,1H3. The van der Waals surface area contributed by atoms with Crippen molar-refractivity contribution in [3.05, 3.63) is 16.1 Å². The van der Waals surface area contributed by atoms with Crippen LogP contribution in [0.1, 0.15) is 55.6 Å². The van der Waals surface area contributed by atoms with Gasteiger partial charge in [0.2, 0.25) is 0 Å². The van der Waals surface area contributed by atoms with Crippen LogP contribution in [0.5, 0.6) is 0 Å². The molecule has 0 aromatic carbocycles. The molecule has 1 aromatic heterocycles. The molecule has 2 unspecified atom stereocenters. The molecule has 1 aliphatic carbocycles. The maximum absolute atomic E-state index is 8.63. The van der Waals surface area contributed by atoms with E-state index < -0.39 is 0 Å². The molecule has 2 nitrogen and oxygen atoms in total. The molecule has 0 bridgehead atoms. The van der Waals surface area contributed by atoms with Gasteiger partial charge in [0.1, 0.15) is 0 Å². The maximum atomic E-state index is 8.63. The number of rotatable bonds is 3. The lowest BCUT2D eigenvalue weighted by Crippen LogP contribution is -2.13. The van der Waals surface area contributed by atoms with Crippen LogP contribution in [0.4, 0.5) is 0 Å². The molecule has 1 aliphatic rings. The van der Waals surface area contributed by atoms with Crippen LogP contribution in [0.2, 0.25) is 0 Å². The van der Waals surface area contributed by atoms with E-state index in [1.54, 1.807) is 11.3 Å². The molecule has 0 aliphatic heterocycles. The van der Waals surface area contributed by atoms with Crippen LogP contribution in [0.15, 0.2) is 5.38 Å². The zero-order valence-electron chi connectivity index (χ0n) is 9.78. The fourth-order valence-corrected chi connectivity index (χ4v) is 3.53. The quantitative estimate of drug-likeness (QED) is 0.795. The monoisotopic (exact) mass is 234 g/mol. The molecule has 2 atom stereocenters. The van der Waals surface area contributed by atoms with Gasteiger partial charge < -0.3 is 0 Å². The van der Waals surface area contributed by atoms with Crippen molar-refractivity contribution in [1.82, 2.24) is 4.98 Å². The molecular weight excluding hydrogens is 216 g/mol. The second-order valence-electron chi connectivity index (χ2n) is 4.65. The number of nitriles is 1. The van der Waals surface area contributed by atoms with Crippen LogP contribution in [0.3, 0.4) is 0 Å². The van der Waals surface area contributed by atoms with Crippen molar-refractivity contribution in [1.29, 1.82) is 5.26 Å². The number of aromatic nitrogens is 1. The molecule has 0 spiro atoms. The first-order valence-electron chi connectivity index (χ1n) is 6.14. The van der Waals surface area contributed by atoms with Crippen molar-refractivity contribution in [3.63, 3.8) is 0 Å². The van der Waals surface area contributed by atoms with Crippen LogP contribution in [-0.4, -0.2) is 4.98 Å². The van der Waals surface area contributed by atoms with Gasteiger partial charge in [-0.05, 0) is 18.8 Å². The van der Waals surface area contributed by atoms with Crippen molar-refractivity contribution in [2.75, 3.05) is 0 Å². The summed E-state index contributed by atoms with van der Waals surface area (Å²) in [4.78, 5) is 4.59. The third-order valence-electron chi connectivity index (χ3n) is 3.54. The molecule has 0 saturated heterocycles. The summed E-state index contributed by atoms with van der Waals surface area (Å²) in [6, 6.07) is 2.16. The van der Waals surface area contributed by atoms with Gasteiger partial charge >= 0.3 is 0 Å². The highest BCUT2D eigenvalue weighted by Crippen LogP contribution is 2.38. The van der Waals surface area contributed by atoms with Gasteiger partial charge in [0.15, 0.2) is 0 Å². The zero-order chi connectivity index (χ0) is 11.4. The summed E-state index contributed by atoms with van der Waals surface area (Å²) in [5.41, 5.74) is 0.959. The van der Waals surface area contributed by atoms with Crippen LogP contribution in [0.25, 0.3) is 0 Å². The minimum absolute atomic E-state index is 0.459. The average molecular weight is 234 g/mol. The van der Waals surface area contributed by atoms with Crippen LogP contribution in [-0.2, 0) is 6.42 Å². The van der Waals surface area contributed by atoms with E-state index in [4.69, 9.17) is 5.26 Å². The van der Waals surface area contributed by atoms with Gasteiger partial charge in [-0.1, -0.05) is 26.2 Å². The third kappa shape index (κ3) is 2.62. The molecule has 1 aromatic rings. The Morgan fingerprint density at radius 2 is 2.44 bits per heavy atom. The van der Waals surface area contributed by atoms with Gasteiger partial charge in [-0.2, -0.15) is 5.26 Å². The number of hydrogen-bond donors (Lipinski definition) is 0. The summed E-state index contributed by atoms with van der Waals surface area (Å²) in [5, 5.41) is 12.0. The highest BCUT2D eigenvalue weighted by molar-refractivity contribution is 7.09. The van der Waals surface area contributed by atoms with E-state index in [2.05, 4.69) is 18.0 Å². The normalized spacial score (nSPS) is 25.2. The van der Waals surface area contributed by atoms with E-state index >= 15 is 0 Å². The van der Waals surface area contributed by atoms with Gasteiger partial charge in [-0.25, -0.2) is 4.98 Å².